The van der Waals surface area contributed by atoms with Gasteiger partial charge in [0.1, 0.15) is 61.0 Å². The van der Waals surface area contributed by atoms with Crippen LogP contribution < -0.4 is 11.5 Å². The molecule has 15 atom stereocenters. The van der Waals surface area contributed by atoms with Crippen molar-refractivity contribution in [2.45, 2.75) is 92.0 Å². The quantitative estimate of drug-likeness (QED) is 0.154. The van der Waals surface area contributed by atoms with Gasteiger partial charge in [-0.05, 0) is 0 Å². The Morgan fingerprint density at radius 3 is 1.62 bits per heavy atom. The minimum Gasteiger partial charge on any atom is -0.394 e. The molecule has 0 radical (unpaired) electrons. The molecule has 0 saturated carbocycles. The molecule has 3 saturated heterocycles. The summed E-state index contributed by atoms with van der Waals surface area (Å²) in [7, 11) is 0. The first-order valence-electron chi connectivity index (χ1n) is 10.7. The lowest BCUT2D eigenvalue weighted by molar-refractivity contribution is -0.346. The maximum absolute atomic E-state index is 10.7. The average molecular weight is 502 g/mol. The molecule has 3 aliphatic heterocycles. The van der Waals surface area contributed by atoms with Crippen molar-refractivity contribution in [3.63, 3.8) is 0 Å². The Morgan fingerprint density at radius 2 is 1.09 bits per heavy atom. The van der Waals surface area contributed by atoms with E-state index in [9.17, 15) is 46.0 Å². The van der Waals surface area contributed by atoms with Crippen LogP contribution in [0.2, 0.25) is 0 Å². The molecule has 3 aliphatic rings. The third kappa shape index (κ3) is 5.52. The molecule has 0 spiro atoms. The fourth-order valence-corrected chi connectivity index (χ4v) is 4.04. The van der Waals surface area contributed by atoms with E-state index < -0.39 is 112 Å². The van der Waals surface area contributed by atoms with Gasteiger partial charge in [-0.25, -0.2) is 0 Å². The number of rotatable bonds is 7. The molecule has 0 aromatic heterocycles. The van der Waals surface area contributed by atoms with Crippen LogP contribution in [0.3, 0.4) is 0 Å². The van der Waals surface area contributed by atoms with E-state index in [2.05, 4.69) is 0 Å². The lowest BCUT2D eigenvalue weighted by Crippen LogP contribution is -2.66. The Hall–Kier alpha value is -0.640. The highest BCUT2D eigenvalue weighted by molar-refractivity contribution is 4.96. The van der Waals surface area contributed by atoms with Crippen molar-refractivity contribution >= 4 is 0 Å². The fourth-order valence-electron chi connectivity index (χ4n) is 4.04. The van der Waals surface area contributed by atoms with Gasteiger partial charge >= 0.3 is 0 Å². The zero-order valence-corrected chi connectivity index (χ0v) is 18.0. The molecule has 0 aromatic carbocycles. The van der Waals surface area contributed by atoms with Gasteiger partial charge < -0.3 is 81.1 Å². The van der Waals surface area contributed by atoms with Gasteiger partial charge in [-0.1, -0.05) is 0 Å². The predicted molar refractivity (Wildman–Crippen MR) is 105 cm³/mol. The van der Waals surface area contributed by atoms with E-state index in [-0.39, 0.29) is 0 Å². The molecule has 200 valence electrons. The molecule has 0 aliphatic carbocycles. The van der Waals surface area contributed by atoms with E-state index in [0.29, 0.717) is 0 Å². The summed E-state index contributed by atoms with van der Waals surface area (Å²) in [6, 6.07) is -2.55. The lowest BCUT2D eigenvalue weighted by Gasteiger charge is -2.46. The average Bonchev–Trinajstić information content (AvgIpc) is 2.82. The molecular formula is C18H34N2O14. The largest absolute Gasteiger partial charge is 0.394 e. The summed E-state index contributed by atoms with van der Waals surface area (Å²) in [6.07, 6.45) is -19.5. The smallest absolute Gasteiger partial charge is 0.184 e. The van der Waals surface area contributed by atoms with Crippen molar-refractivity contribution < 1.29 is 69.6 Å². The molecule has 1 unspecified atom stereocenters. The summed E-state index contributed by atoms with van der Waals surface area (Å²) in [5, 5.41) is 89.5. The van der Waals surface area contributed by atoms with Crippen LogP contribution in [-0.2, 0) is 23.7 Å². The van der Waals surface area contributed by atoms with Gasteiger partial charge in [0.15, 0.2) is 18.9 Å². The van der Waals surface area contributed by atoms with Crippen LogP contribution in [-0.4, -0.2) is 158 Å². The van der Waals surface area contributed by atoms with E-state index in [1.807, 2.05) is 0 Å². The highest BCUT2D eigenvalue weighted by atomic mass is 16.7. The van der Waals surface area contributed by atoms with Gasteiger partial charge in [0, 0.05) is 0 Å². The Bertz CT molecular complexity index is 646. The van der Waals surface area contributed by atoms with Crippen molar-refractivity contribution in [1.29, 1.82) is 0 Å². The van der Waals surface area contributed by atoms with E-state index in [0.717, 1.165) is 0 Å². The standard InChI is InChI=1S/C18H34N2O14/c19-7-12(26)9(23)4(1-21)32-17(7)30-3-6-11(25)15(14(28)16(29)31-6)34-18-8(20)13(27)10(24)5(2-22)33-18/h4-18,21-29H,1-3,19-20H2/t4-,5-,6-,7+,8+,9-,10-,11-,12-,13-,14+,15+,16?,17+,18-/m1/s1. The summed E-state index contributed by atoms with van der Waals surface area (Å²) in [4.78, 5) is 0. The van der Waals surface area contributed by atoms with Crippen molar-refractivity contribution in [2.75, 3.05) is 19.8 Å². The molecule has 0 aromatic rings. The number of aliphatic hydroxyl groups is 9. The van der Waals surface area contributed by atoms with Crippen LogP contribution in [0.25, 0.3) is 0 Å². The Kier molecular flexibility index (Phi) is 9.54. The first kappa shape index (κ1) is 27.9. The molecule has 16 heteroatoms. The van der Waals surface area contributed by atoms with Crippen LogP contribution in [0, 0.1) is 0 Å². The number of aliphatic hydroxyl groups excluding tert-OH is 9. The fraction of sp³-hybridized carbons (Fsp3) is 1.00. The summed E-state index contributed by atoms with van der Waals surface area (Å²) in [5.41, 5.74) is 11.6. The highest BCUT2D eigenvalue weighted by Crippen LogP contribution is 2.29. The second-order valence-electron chi connectivity index (χ2n) is 8.55. The Labute approximate surface area is 193 Å². The normalized spacial score (nSPS) is 52.5. The molecule has 3 rings (SSSR count). The van der Waals surface area contributed by atoms with Crippen molar-refractivity contribution in [2.24, 2.45) is 11.5 Å². The first-order chi connectivity index (χ1) is 16.0. The van der Waals surface area contributed by atoms with Gasteiger partial charge in [0.05, 0.1) is 31.9 Å². The Morgan fingerprint density at radius 1 is 0.588 bits per heavy atom. The van der Waals surface area contributed by atoms with Crippen LogP contribution in [0.4, 0.5) is 0 Å². The molecule has 0 amide bonds. The SMILES string of the molecule is N[C@@H]1[C@@H](OC[C@H]2OC(O)[C@@H](O)[C@@H](O[C@H]3O[C@H](CO)[C@@H](O)[C@H](O)[C@@H]3N)[C@@H]2O)O[C@H](CO)[C@@H](O)[C@@H]1O. The van der Waals surface area contributed by atoms with E-state index in [1.54, 1.807) is 0 Å². The van der Waals surface area contributed by atoms with Gasteiger partial charge in [-0.15, -0.1) is 0 Å². The van der Waals surface area contributed by atoms with Crippen LogP contribution in [0.15, 0.2) is 0 Å². The number of hydrogen-bond acceptors (Lipinski definition) is 16. The monoisotopic (exact) mass is 502 g/mol. The molecule has 13 N–H and O–H groups in total. The van der Waals surface area contributed by atoms with E-state index in [1.165, 1.54) is 0 Å². The molecular weight excluding hydrogens is 468 g/mol. The minimum absolute atomic E-state index is 0.498. The second-order valence-corrected chi connectivity index (χ2v) is 8.55. The second kappa shape index (κ2) is 11.6. The predicted octanol–water partition coefficient (Wildman–Crippen LogP) is -7.64. The van der Waals surface area contributed by atoms with Gasteiger partial charge in [0.25, 0.3) is 0 Å². The molecule has 3 fully saturated rings. The van der Waals surface area contributed by atoms with Crippen LogP contribution in [0.5, 0.6) is 0 Å². The van der Waals surface area contributed by atoms with Gasteiger partial charge in [0.2, 0.25) is 0 Å². The molecule has 16 nitrogen and oxygen atoms in total. The van der Waals surface area contributed by atoms with Crippen molar-refractivity contribution in [3.8, 4) is 0 Å². The summed E-state index contributed by atoms with van der Waals surface area (Å²) in [5.74, 6) is 0. The van der Waals surface area contributed by atoms with Crippen molar-refractivity contribution in [3.05, 3.63) is 0 Å². The van der Waals surface area contributed by atoms with E-state index >= 15 is 0 Å². The number of ether oxygens (including phenoxy) is 5. The molecule has 0 bridgehead atoms. The zero-order chi connectivity index (χ0) is 25.3. The topological polar surface area (TPSA) is 280 Å². The minimum atomic E-state index is -1.86. The lowest BCUT2D eigenvalue weighted by atomic mass is 9.96. The maximum atomic E-state index is 10.7. The number of hydrogen-bond donors (Lipinski definition) is 11. The third-order valence-corrected chi connectivity index (χ3v) is 6.23. The number of nitrogens with two attached hydrogens (primary N) is 2. The van der Waals surface area contributed by atoms with Gasteiger partial charge in [-0.3, -0.25) is 0 Å². The highest BCUT2D eigenvalue weighted by Gasteiger charge is 2.50. The Balaban J connectivity index is 1.65. The molecule has 3 heterocycles. The van der Waals surface area contributed by atoms with Crippen molar-refractivity contribution in [1.82, 2.24) is 0 Å². The van der Waals surface area contributed by atoms with E-state index in [4.69, 9.17) is 35.2 Å². The van der Waals surface area contributed by atoms with Crippen LogP contribution in [0.1, 0.15) is 0 Å². The maximum Gasteiger partial charge on any atom is 0.184 e. The van der Waals surface area contributed by atoms with Crippen LogP contribution >= 0.6 is 0 Å². The molecule has 34 heavy (non-hydrogen) atoms. The zero-order valence-electron chi connectivity index (χ0n) is 18.0. The first-order valence-corrected chi connectivity index (χ1v) is 10.7. The summed E-state index contributed by atoms with van der Waals surface area (Å²) >= 11 is 0. The summed E-state index contributed by atoms with van der Waals surface area (Å²) < 4.78 is 26.7. The van der Waals surface area contributed by atoms with Gasteiger partial charge in [-0.2, -0.15) is 0 Å². The summed E-state index contributed by atoms with van der Waals surface area (Å²) in [6.45, 7) is -1.81. The third-order valence-electron chi connectivity index (χ3n) is 6.23.